The predicted molar refractivity (Wildman–Crippen MR) is 75.3 cm³/mol. The van der Waals surface area contributed by atoms with Crippen molar-refractivity contribution in [1.29, 1.82) is 5.26 Å². The summed E-state index contributed by atoms with van der Waals surface area (Å²) < 4.78 is 27.2. The fourth-order valence-corrected chi connectivity index (χ4v) is 3.92. The third-order valence-electron chi connectivity index (χ3n) is 4.47. The lowest BCUT2D eigenvalue weighted by Gasteiger charge is -2.15. The van der Waals surface area contributed by atoms with Crippen molar-refractivity contribution in [2.24, 2.45) is 11.3 Å². The first-order valence-electron chi connectivity index (χ1n) is 7.01. The second kappa shape index (κ2) is 4.87. The predicted octanol–water partition coefficient (Wildman–Crippen LogP) is 2.22. The van der Waals surface area contributed by atoms with Gasteiger partial charge in [-0.05, 0) is 54.7 Å². The summed E-state index contributed by atoms with van der Waals surface area (Å²) in [5, 5.41) is 8.61. The van der Waals surface area contributed by atoms with Crippen LogP contribution in [0.2, 0.25) is 0 Å². The molecule has 20 heavy (non-hydrogen) atoms. The van der Waals surface area contributed by atoms with Crippen LogP contribution in [0.5, 0.6) is 0 Å². The van der Waals surface area contributed by atoms with Gasteiger partial charge in [-0.1, -0.05) is 12.1 Å². The van der Waals surface area contributed by atoms with Crippen molar-refractivity contribution in [2.45, 2.75) is 37.0 Å². The van der Waals surface area contributed by atoms with Crippen LogP contribution < -0.4 is 4.72 Å². The van der Waals surface area contributed by atoms with E-state index in [4.69, 9.17) is 5.26 Å². The molecule has 106 valence electrons. The molecule has 2 saturated carbocycles. The van der Waals surface area contributed by atoms with E-state index in [1.54, 1.807) is 24.3 Å². The zero-order valence-electron chi connectivity index (χ0n) is 11.3. The van der Waals surface area contributed by atoms with Gasteiger partial charge in [-0.2, -0.15) is 5.26 Å². The monoisotopic (exact) mass is 290 g/mol. The van der Waals surface area contributed by atoms with Gasteiger partial charge in [0.15, 0.2) is 0 Å². The fraction of sp³-hybridized carbons (Fsp3) is 0.533. The molecule has 4 nitrogen and oxygen atoms in total. The number of nitrogens with zero attached hydrogens (tertiary/aromatic N) is 1. The van der Waals surface area contributed by atoms with E-state index < -0.39 is 10.0 Å². The van der Waals surface area contributed by atoms with E-state index in [2.05, 4.69) is 4.72 Å². The van der Waals surface area contributed by atoms with Crippen molar-refractivity contribution in [2.75, 3.05) is 6.54 Å². The minimum atomic E-state index is -3.42. The minimum Gasteiger partial charge on any atom is -0.211 e. The Labute approximate surface area is 119 Å². The van der Waals surface area contributed by atoms with E-state index >= 15 is 0 Å². The summed E-state index contributed by atoms with van der Waals surface area (Å²) in [6.07, 6.45) is 5.12. The van der Waals surface area contributed by atoms with Gasteiger partial charge < -0.3 is 0 Å². The quantitative estimate of drug-likeness (QED) is 0.873. The number of sulfonamides is 1. The van der Waals surface area contributed by atoms with Gasteiger partial charge in [0.05, 0.1) is 17.4 Å². The van der Waals surface area contributed by atoms with Crippen LogP contribution in [0.3, 0.4) is 0 Å². The number of nitriles is 1. The van der Waals surface area contributed by atoms with Crippen molar-refractivity contribution in [1.82, 2.24) is 4.72 Å². The standard InChI is InChI=1S/C15H18N2O2S/c16-10-7-12-1-5-14(6-2-12)20(18,19)17-11-15(8-9-15)13-3-4-13/h1-2,5-6,13,17H,3-4,7-9,11H2. The van der Waals surface area contributed by atoms with E-state index in [9.17, 15) is 8.42 Å². The first-order chi connectivity index (χ1) is 9.56. The van der Waals surface area contributed by atoms with Gasteiger partial charge in [0.25, 0.3) is 0 Å². The molecule has 5 heteroatoms. The van der Waals surface area contributed by atoms with Crippen molar-refractivity contribution < 1.29 is 8.42 Å². The highest BCUT2D eigenvalue weighted by atomic mass is 32.2. The Morgan fingerprint density at radius 3 is 2.40 bits per heavy atom. The van der Waals surface area contributed by atoms with E-state index in [-0.39, 0.29) is 10.3 Å². The van der Waals surface area contributed by atoms with Gasteiger partial charge in [0.2, 0.25) is 10.0 Å². The molecule has 1 N–H and O–H groups in total. The summed E-state index contributed by atoms with van der Waals surface area (Å²) in [5.74, 6) is 0.739. The summed E-state index contributed by atoms with van der Waals surface area (Å²) >= 11 is 0. The summed E-state index contributed by atoms with van der Waals surface area (Å²) in [4.78, 5) is 0.283. The van der Waals surface area contributed by atoms with Gasteiger partial charge in [-0.15, -0.1) is 0 Å². The molecule has 1 aromatic rings. The van der Waals surface area contributed by atoms with Gasteiger partial charge in [0, 0.05) is 6.54 Å². The lowest BCUT2D eigenvalue weighted by atomic mass is 10.0. The highest BCUT2D eigenvalue weighted by Gasteiger charge is 2.53. The smallest absolute Gasteiger partial charge is 0.211 e. The van der Waals surface area contributed by atoms with Crippen LogP contribution in [0.15, 0.2) is 29.2 Å². The van der Waals surface area contributed by atoms with Crippen LogP contribution in [-0.2, 0) is 16.4 Å². The van der Waals surface area contributed by atoms with Crippen LogP contribution in [0.4, 0.5) is 0 Å². The van der Waals surface area contributed by atoms with E-state index in [1.807, 2.05) is 6.07 Å². The first-order valence-corrected chi connectivity index (χ1v) is 8.50. The van der Waals surface area contributed by atoms with Crippen molar-refractivity contribution in [3.8, 4) is 6.07 Å². The fourth-order valence-electron chi connectivity index (χ4n) is 2.79. The molecular weight excluding hydrogens is 272 g/mol. The number of benzene rings is 1. The van der Waals surface area contributed by atoms with Crippen molar-refractivity contribution in [3.05, 3.63) is 29.8 Å². The lowest BCUT2D eigenvalue weighted by molar-refractivity contribution is 0.432. The zero-order chi connectivity index (χ0) is 14.2. The number of hydrogen-bond donors (Lipinski definition) is 1. The molecule has 0 radical (unpaired) electrons. The Hall–Kier alpha value is -1.38. The summed E-state index contributed by atoms with van der Waals surface area (Å²) in [5.41, 5.74) is 1.09. The topological polar surface area (TPSA) is 70.0 Å². The Balaban J connectivity index is 1.66. The molecule has 0 atom stereocenters. The van der Waals surface area contributed by atoms with Gasteiger partial charge in [-0.25, -0.2) is 13.1 Å². The zero-order valence-corrected chi connectivity index (χ0v) is 12.1. The largest absolute Gasteiger partial charge is 0.240 e. The molecule has 3 rings (SSSR count). The van der Waals surface area contributed by atoms with Crippen LogP contribution in [0.25, 0.3) is 0 Å². The van der Waals surface area contributed by atoms with E-state index in [1.165, 1.54) is 12.8 Å². The average molecular weight is 290 g/mol. The highest BCUT2D eigenvalue weighted by Crippen LogP contribution is 2.60. The van der Waals surface area contributed by atoms with Gasteiger partial charge in [-0.3, -0.25) is 0 Å². The van der Waals surface area contributed by atoms with Gasteiger partial charge in [0.1, 0.15) is 0 Å². The average Bonchev–Trinajstić information content (AvgIpc) is 3.29. The third-order valence-corrected chi connectivity index (χ3v) is 5.88. The first kappa shape index (κ1) is 13.6. The molecule has 0 spiro atoms. The van der Waals surface area contributed by atoms with Crippen LogP contribution in [0.1, 0.15) is 31.2 Å². The maximum atomic E-state index is 12.2. The number of nitrogens with one attached hydrogen (secondary N) is 1. The van der Waals surface area contributed by atoms with E-state index in [0.717, 1.165) is 24.3 Å². The lowest BCUT2D eigenvalue weighted by Crippen LogP contribution is -2.31. The second-order valence-electron chi connectivity index (χ2n) is 5.94. The maximum Gasteiger partial charge on any atom is 0.240 e. The Bertz CT molecular complexity index is 635. The molecule has 1 aromatic carbocycles. The molecule has 2 fully saturated rings. The van der Waals surface area contributed by atoms with E-state index in [0.29, 0.717) is 13.0 Å². The Morgan fingerprint density at radius 1 is 1.25 bits per heavy atom. The molecule has 2 aliphatic rings. The summed E-state index contributed by atoms with van der Waals surface area (Å²) in [6, 6.07) is 8.60. The SMILES string of the molecule is N#CCc1ccc(S(=O)(=O)NCC2(C3CC3)CC2)cc1. The third kappa shape index (κ3) is 2.72. The summed E-state index contributed by atoms with van der Waals surface area (Å²) in [7, 11) is -3.42. The molecule has 0 unspecified atom stereocenters. The molecule has 0 aromatic heterocycles. The second-order valence-corrected chi connectivity index (χ2v) is 7.71. The molecule has 0 saturated heterocycles. The molecule has 0 amide bonds. The minimum absolute atomic E-state index is 0.258. The molecule has 0 bridgehead atoms. The molecular formula is C15H18N2O2S. The maximum absolute atomic E-state index is 12.2. The molecule has 0 aliphatic heterocycles. The number of hydrogen-bond acceptors (Lipinski definition) is 3. The molecule has 2 aliphatic carbocycles. The Kier molecular flexibility index (Phi) is 3.31. The normalized spacial score (nSPS) is 20.4. The van der Waals surface area contributed by atoms with Crippen molar-refractivity contribution in [3.63, 3.8) is 0 Å². The number of rotatable bonds is 6. The van der Waals surface area contributed by atoms with Crippen LogP contribution >= 0.6 is 0 Å². The van der Waals surface area contributed by atoms with Crippen LogP contribution in [-0.4, -0.2) is 15.0 Å². The highest BCUT2D eigenvalue weighted by molar-refractivity contribution is 7.89. The van der Waals surface area contributed by atoms with Crippen molar-refractivity contribution >= 4 is 10.0 Å². The van der Waals surface area contributed by atoms with Crippen LogP contribution in [0, 0.1) is 22.7 Å². The molecule has 0 heterocycles. The Morgan fingerprint density at radius 2 is 1.90 bits per heavy atom. The summed E-state index contributed by atoms with van der Waals surface area (Å²) in [6.45, 7) is 0.569. The van der Waals surface area contributed by atoms with Gasteiger partial charge >= 0.3 is 0 Å².